The molecule has 2 N–H and O–H groups in total. The second kappa shape index (κ2) is 8.39. The fourth-order valence-electron chi connectivity index (χ4n) is 2.73. The van der Waals surface area contributed by atoms with Crippen LogP contribution in [0.1, 0.15) is 17.7 Å². The topological polar surface area (TPSA) is 102 Å². The van der Waals surface area contributed by atoms with Crippen LogP contribution in [0.4, 0.5) is 0 Å². The van der Waals surface area contributed by atoms with Crippen molar-refractivity contribution in [1.29, 1.82) is 0 Å². The van der Waals surface area contributed by atoms with Crippen LogP contribution in [0, 0.1) is 5.92 Å². The molecule has 0 spiro atoms. The molecule has 0 bridgehead atoms. The third-order valence-corrected chi connectivity index (χ3v) is 7.30. The van der Waals surface area contributed by atoms with E-state index in [0.717, 1.165) is 0 Å². The van der Waals surface area contributed by atoms with E-state index < -0.39 is 21.9 Å². The summed E-state index contributed by atoms with van der Waals surface area (Å²) in [5.41, 5.74) is 5.76. The predicted octanol–water partition coefficient (Wildman–Crippen LogP) is 2.67. The highest BCUT2D eigenvalue weighted by Gasteiger charge is 2.33. The van der Waals surface area contributed by atoms with E-state index in [1.165, 1.54) is 39.9 Å². The second-order valence-electron chi connectivity index (χ2n) is 6.00. The summed E-state index contributed by atoms with van der Waals surface area (Å²) in [6.45, 7) is 0.462. The van der Waals surface area contributed by atoms with Crippen LogP contribution in [0.2, 0.25) is 5.02 Å². The number of carbonyl (C=O) groups excluding carboxylic acids is 1. The number of nitrogens with zero attached hydrogens (tertiary/aromatic N) is 2. The Hall–Kier alpha value is -1.94. The van der Waals surface area contributed by atoms with Gasteiger partial charge < -0.3 is 10.6 Å². The Morgan fingerprint density at radius 2 is 1.89 bits per heavy atom. The third-order valence-electron chi connectivity index (χ3n) is 4.25. The first-order chi connectivity index (χ1) is 12.9. The van der Waals surface area contributed by atoms with Crippen LogP contribution >= 0.6 is 22.9 Å². The third kappa shape index (κ3) is 4.67. The smallest absolute Gasteiger partial charge is 0.338 e. The van der Waals surface area contributed by atoms with Gasteiger partial charge in [0.25, 0.3) is 0 Å². The minimum Gasteiger partial charge on any atom is -0.380 e. The molecule has 7 nitrogen and oxygen atoms in total. The van der Waals surface area contributed by atoms with Crippen molar-refractivity contribution in [2.75, 3.05) is 13.1 Å². The van der Waals surface area contributed by atoms with Gasteiger partial charge in [-0.2, -0.15) is 4.31 Å². The molecule has 0 amide bonds. The van der Waals surface area contributed by atoms with Gasteiger partial charge in [0, 0.05) is 18.1 Å². The molecule has 0 saturated carbocycles. The molecule has 2 heterocycles. The Bertz CT molecular complexity index is 920. The van der Waals surface area contributed by atoms with Crippen LogP contribution in [0.25, 0.3) is 0 Å². The Morgan fingerprint density at radius 1 is 1.22 bits per heavy atom. The second-order valence-corrected chi connectivity index (χ2v) is 9.32. The fraction of sp³-hybridized carbons (Fsp3) is 0.294. The molecule has 3 rings (SSSR count). The Morgan fingerprint density at radius 3 is 2.48 bits per heavy atom. The first-order valence-electron chi connectivity index (χ1n) is 8.22. The molecule has 10 heteroatoms. The van der Waals surface area contributed by atoms with E-state index in [1.54, 1.807) is 6.07 Å². The number of benzene rings is 1. The molecule has 0 radical (unpaired) electrons. The summed E-state index contributed by atoms with van der Waals surface area (Å²) >= 11 is 7.20. The number of oxime groups is 1. The fourth-order valence-corrected chi connectivity index (χ4v) is 4.94. The van der Waals surface area contributed by atoms with Gasteiger partial charge in [0.1, 0.15) is 0 Å². The Kier molecular flexibility index (Phi) is 6.15. The first-order valence-corrected chi connectivity index (χ1v) is 10.9. The number of carbonyl (C=O) groups is 1. The van der Waals surface area contributed by atoms with Gasteiger partial charge in [-0.3, -0.25) is 0 Å². The van der Waals surface area contributed by atoms with E-state index in [4.69, 9.17) is 22.2 Å². The average molecular weight is 428 g/mol. The summed E-state index contributed by atoms with van der Waals surface area (Å²) in [4.78, 5) is 18.0. The maximum atomic E-state index is 12.7. The molecule has 1 aromatic carbocycles. The molecule has 27 heavy (non-hydrogen) atoms. The van der Waals surface area contributed by atoms with Gasteiger partial charge in [0.15, 0.2) is 5.84 Å². The van der Waals surface area contributed by atoms with E-state index in [-0.39, 0.29) is 23.8 Å². The van der Waals surface area contributed by atoms with Crippen LogP contribution in [0.3, 0.4) is 0 Å². The van der Waals surface area contributed by atoms with Crippen LogP contribution < -0.4 is 5.73 Å². The van der Waals surface area contributed by atoms with Gasteiger partial charge in [-0.1, -0.05) is 22.8 Å². The summed E-state index contributed by atoms with van der Waals surface area (Å²) in [6.07, 6.45) is 0.722. The maximum Gasteiger partial charge on any atom is 0.338 e. The highest BCUT2D eigenvalue weighted by molar-refractivity contribution is 7.89. The van der Waals surface area contributed by atoms with Crippen molar-refractivity contribution in [2.45, 2.75) is 17.7 Å². The minimum atomic E-state index is -3.61. The lowest BCUT2D eigenvalue weighted by Gasteiger charge is -2.29. The average Bonchev–Trinajstić information content (AvgIpc) is 3.21. The van der Waals surface area contributed by atoms with E-state index in [1.807, 2.05) is 11.4 Å². The highest BCUT2D eigenvalue weighted by atomic mass is 35.5. The monoisotopic (exact) mass is 427 g/mol. The van der Waals surface area contributed by atoms with Crippen molar-refractivity contribution < 1.29 is 18.0 Å². The number of piperidine rings is 1. The summed E-state index contributed by atoms with van der Waals surface area (Å²) in [7, 11) is -3.61. The first kappa shape index (κ1) is 19.8. The van der Waals surface area contributed by atoms with Gasteiger partial charge in [0.2, 0.25) is 10.0 Å². The summed E-state index contributed by atoms with van der Waals surface area (Å²) in [5, 5.41) is 5.99. The van der Waals surface area contributed by atoms with E-state index in [0.29, 0.717) is 22.7 Å². The van der Waals surface area contributed by atoms with Crippen LogP contribution in [0.15, 0.2) is 51.8 Å². The quantitative estimate of drug-likeness (QED) is 0.342. The molecule has 1 fully saturated rings. The molecule has 1 aliphatic rings. The largest absolute Gasteiger partial charge is 0.380 e. The molecule has 1 aliphatic heterocycles. The van der Waals surface area contributed by atoms with Crippen LogP contribution in [-0.4, -0.2) is 37.6 Å². The molecular formula is C17H18ClN3O4S2. The molecule has 0 unspecified atom stereocenters. The molecule has 2 aromatic rings. The zero-order valence-corrected chi connectivity index (χ0v) is 16.6. The van der Waals surface area contributed by atoms with Crippen molar-refractivity contribution in [3.05, 3.63) is 51.7 Å². The minimum absolute atomic E-state index is 0.140. The Labute approximate surface area is 166 Å². The van der Waals surface area contributed by atoms with E-state index in [9.17, 15) is 13.2 Å². The molecule has 1 saturated heterocycles. The lowest BCUT2D eigenvalue weighted by Crippen LogP contribution is -2.40. The number of rotatable bonds is 5. The van der Waals surface area contributed by atoms with Gasteiger partial charge in [-0.15, -0.1) is 11.3 Å². The summed E-state index contributed by atoms with van der Waals surface area (Å²) in [6, 6.07) is 9.61. The van der Waals surface area contributed by atoms with Crippen molar-refractivity contribution in [1.82, 2.24) is 4.31 Å². The van der Waals surface area contributed by atoms with Crippen LogP contribution in [-0.2, 0) is 19.7 Å². The molecule has 0 atom stereocenters. The number of sulfonamides is 1. The molecular weight excluding hydrogens is 410 g/mol. The predicted molar refractivity (Wildman–Crippen MR) is 104 cm³/mol. The molecule has 144 valence electrons. The number of hydrogen-bond acceptors (Lipinski definition) is 6. The van der Waals surface area contributed by atoms with Crippen molar-refractivity contribution in [2.24, 2.45) is 16.8 Å². The van der Waals surface area contributed by atoms with E-state index in [2.05, 4.69) is 5.16 Å². The number of halogens is 1. The van der Waals surface area contributed by atoms with Gasteiger partial charge in [-0.05, 0) is 48.6 Å². The Balaban J connectivity index is 1.57. The van der Waals surface area contributed by atoms with E-state index >= 15 is 0 Å². The SMILES string of the molecule is N/C(=N\OC(=O)C1CCN(S(=O)(=O)c2ccc(Cl)cc2)CC1)c1cccs1. The normalized spacial score (nSPS) is 17.0. The number of thiophene rings is 1. The van der Waals surface area contributed by atoms with Crippen molar-refractivity contribution in [3.63, 3.8) is 0 Å². The number of amidine groups is 1. The summed E-state index contributed by atoms with van der Waals surface area (Å²) in [5.74, 6) is -0.777. The van der Waals surface area contributed by atoms with Crippen molar-refractivity contribution in [3.8, 4) is 0 Å². The number of hydrogen-bond donors (Lipinski definition) is 1. The lowest BCUT2D eigenvalue weighted by atomic mass is 9.99. The maximum absolute atomic E-state index is 12.7. The van der Waals surface area contributed by atoms with Gasteiger partial charge in [-0.25, -0.2) is 13.2 Å². The lowest BCUT2D eigenvalue weighted by molar-refractivity contribution is -0.149. The zero-order valence-electron chi connectivity index (χ0n) is 14.2. The van der Waals surface area contributed by atoms with Crippen molar-refractivity contribution >= 4 is 44.8 Å². The van der Waals surface area contributed by atoms with Crippen LogP contribution in [0.5, 0.6) is 0 Å². The molecule has 0 aliphatic carbocycles. The standard InChI is InChI=1S/C17H18ClN3O4S2/c18-13-3-5-14(6-4-13)27(23,24)21-9-7-12(8-10-21)17(22)25-20-16(19)15-2-1-11-26-15/h1-6,11-12H,7-10H2,(H2,19,20). The zero-order chi connectivity index (χ0) is 19.4. The highest BCUT2D eigenvalue weighted by Crippen LogP contribution is 2.25. The molecule has 1 aromatic heterocycles. The number of nitrogens with two attached hydrogens (primary N) is 1. The van der Waals surface area contributed by atoms with Gasteiger partial charge >= 0.3 is 5.97 Å². The summed E-state index contributed by atoms with van der Waals surface area (Å²) < 4.78 is 26.7. The van der Waals surface area contributed by atoms with Gasteiger partial charge in [0.05, 0.1) is 15.7 Å².